The molecule has 3 rings (SSSR count). The van der Waals surface area contributed by atoms with E-state index in [1.807, 2.05) is 24.4 Å². The van der Waals surface area contributed by atoms with Crippen molar-refractivity contribution in [1.29, 1.82) is 0 Å². The van der Waals surface area contributed by atoms with E-state index in [1.54, 1.807) is 0 Å². The number of fused-ring (bicyclic) bond motifs is 1. The average molecular weight is 332 g/mol. The summed E-state index contributed by atoms with van der Waals surface area (Å²) in [7, 11) is 0. The predicted molar refractivity (Wildman–Crippen MR) is 106 cm³/mol. The Morgan fingerprint density at radius 1 is 1.00 bits per heavy atom. The summed E-state index contributed by atoms with van der Waals surface area (Å²) < 4.78 is 0. The molecule has 1 heterocycles. The fraction of sp³-hybridized carbons (Fsp3) is 0.238. The number of hydrogen-bond donors (Lipinski definition) is 2. The zero-order valence-corrected chi connectivity index (χ0v) is 14.8. The molecule has 0 fully saturated rings. The van der Waals surface area contributed by atoms with Crippen LogP contribution in [-0.4, -0.2) is 10.9 Å². The van der Waals surface area contributed by atoms with Crippen molar-refractivity contribution < 1.29 is 0 Å². The number of benzene rings is 2. The van der Waals surface area contributed by atoms with E-state index in [1.165, 1.54) is 16.5 Å². The van der Waals surface area contributed by atoms with Crippen molar-refractivity contribution in [3.8, 4) is 0 Å². The summed E-state index contributed by atoms with van der Waals surface area (Å²) in [5.41, 5.74) is 10.7. The van der Waals surface area contributed by atoms with Crippen LogP contribution in [0.25, 0.3) is 10.8 Å². The van der Waals surface area contributed by atoms with Gasteiger partial charge in [0.25, 0.3) is 0 Å². The van der Waals surface area contributed by atoms with Crippen LogP contribution in [0, 0.1) is 0 Å². The summed E-state index contributed by atoms with van der Waals surface area (Å²) in [5.74, 6) is 0.422. The first-order valence-electron chi connectivity index (χ1n) is 8.73. The van der Waals surface area contributed by atoms with Crippen LogP contribution in [0.5, 0.6) is 0 Å². The molecular formula is C21H24N4. The predicted octanol–water partition coefficient (Wildman–Crippen LogP) is 4.29. The van der Waals surface area contributed by atoms with Crippen molar-refractivity contribution in [3.05, 3.63) is 71.5 Å². The minimum Gasteiger partial charge on any atom is -0.370 e. The molecule has 0 radical (unpaired) electrons. The number of nitrogens with two attached hydrogens (primary N) is 1. The molecule has 0 atom stereocenters. The van der Waals surface area contributed by atoms with Crippen LogP contribution < -0.4 is 11.1 Å². The lowest BCUT2D eigenvalue weighted by molar-refractivity contribution is 1.00. The van der Waals surface area contributed by atoms with E-state index < -0.39 is 0 Å². The van der Waals surface area contributed by atoms with Gasteiger partial charge in [-0.2, -0.15) is 0 Å². The van der Waals surface area contributed by atoms with Crippen molar-refractivity contribution in [2.45, 2.75) is 33.2 Å². The highest BCUT2D eigenvalue weighted by Gasteiger charge is 2.07. The number of rotatable bonds is 5. The molecule has 0 saturated carbocycles. The maximum absolute atomic E-state index is 6.16. The molecule has 0 aliphatic rings. The van der Waals surface area contributed by atoms with Gasteiger partial charge in [-0.15, -0.1) is 0 Å². The summed E-state index contributed by atoms with van der Waals surface area (Å²) in [6.45, 7) is 4.75. The summed E-state index contributed by atoms with van der Waals surface area (Å²) >= 11 is 0. The number of guanidine groups is 1. The lowest BCUT2D eigenvalue weighted by Crippen LogP contribution is -2.24. The molecule has 0 unspecified atom stereocenters. The number of aromatic nitrogens is 1. The van der Waals surface area contributed by atoms with Crippen LogP contribution in [0.3, 0.4) is 0 Å². The summed E-state index contributed by atoms with van der Waals surface area (Å²) in [6, 6.07) is 16.5. The highest BCUT2D eigenvalue weighted by molar-refractivity contribution is 5.94. The van der Waals surface area contributed by atoms with Gasteiger partial charge < -0.3 is 11.1 Å². The highest BCUT2D eigenvalue weighted by Crippen LogP contribution is 2.22. The van der Waals surface area contributed by atoms with Gasteiger partial charge in [0, 0.05) is 17.3 Å². The molecule has 2 aromatic carbocycles. The molecule has 0 aliphatic carbocycles. The third-order valence-corrected chi connectivity index (χ3v) is 4.41. The fourth-order valence-corrected chi connectivity index (χ4v) is 3.04. The topological polar surface area (TPSA) is 63.3 Å². The molecule has 128 valence electrons. The van der Waals surface area contributed by atoms with Gasteiger partial charge in [0.15, 0.2) is 5.96 Å². The largest absolute Gasteiger partial charge is 0.370 e. The van der Waals surface area contributed by atoms with Crippen molar-refractivity contribution in [1.82, 2.24) is 4.98 Å². The Labute approximate surface area is 148 Å². The van der Waals surface area contributed by atoms with E-state index in [0.717, 1.165) is 29.6 Å². The van der Waals surface area contributed by atoms with Crippen molar-refractivity contribution in [3.63, 3.8) is 0 Å². The maximum Gasteiger partial charge on any atom is 0.193 e. The first kappa shape index (κ1) is 17.0. The van der Waals surface area contributed by atoms with Crippen molar-refractivity contribution in [2.24, 2.45) is 10.7 Å². The van der Waals surface area contributed by atoms with Gasteiger partial charge in [-0.3, -0.25) is 4.98 Å². The second-order valence-corrected chi connectivity index (χ2v) is 5.96. The minimum atomic E-state index is 0.422. The average Bonchev–Trinajstić information content (AvgIpc) is 2.66. The van der Waals surface area contributed by atoms with Gasteiger partial charge >= 0.3 is 0 Å². The Hall–Kier alpha value is -2.88. The summed E-state index contributed by atoms with van der Waals surface area (Å²) in [4.78, 5) is 8.97. The van der Waals surface area contributed by atoms with E-state index in [0.29, 0.717) is 12.5 Å². The molecule has 4 nitrogen and oxygen atoms in total. The number of aliphatic imine (C=N–C) groups is 1. The molecule has 1 aromatic heterocycles. The van der Waals surface area contributed by atoms with Crippen molar-refractivity contribution >= 4 is 22.4 Å². The third-order valence-electron chi connectivity index (χ3n) is 4.41. The van der Waals surface area contributed by atoms with Crippen LogP contribution in [0.4, 0.5) is 5.69 Å². The van der Waals surface area contributed by atoms with Crippen LogP contribution in [0.2, 0.25) is 0 Å². The lowest BCUT2D eigenvalue weighted by Gasteiger charge is -2.15. The Morgan fingerprint density at radius 3 is 2.44 bits per heavy atom. The Balaban J connectivity index is 1.83. The number of anilines is 1. The number of aryl methyl sites for hydroxylation is 2. The van der Waals surface area contributed by atoms with E-state index in [4.69, 9.17) is 5.73 Å². The highest BCUT2D eigenvalue weighted by atomic mass is 15.1. The van der Waals surface area contributed by atoms with Gasteiger partial charge in [-0.1, -0.05) is 56.3 Å². The maximum atomic E-state index is 6.16. The molecule has 25 heavy (non-hydrogen) atoms. The lowest BCUT2D eigenvalue weighted by atomic mass is 10.0. The van der Waals surface area contributed by atoms with Crippen molar-refractivity contribution in [2.75, 3.05) is 5.32 Å². The van der Waals surface area contributed by atoms with Crippen LogP contribution in [0.1, 0.15) is 30.7 Å². The molecule has 0 saturated heterocycles. The minimum absolute atomic E-state index is 0.422. The first-order valence-corrected chi connectivity index (χ1v) is 8.73. The van der Waals surface area contributed by atoms with Gasteiger partial charge in [0.1, 0.15) is 0 Å². The summed E-state index contributed by atoms with van der Waals surface area (Å²) in [5, 5.41) is 5.58. The standard InChI is InChI=1S/C21H24N4/c1-3-15-9-7-10-16(4-2)20(15)25-21(22)24-14-19-18-11-6-5-8-17(18)12-13-23-19/h5-13H,3-4,14H2,1-2H3,(H3,22,24,25). The van der Waals surface area contributed by atoms with E-state index in [2.05, 4.69) is 59.5 Å². The van der Waals surface area contributed by atoms with Crippen LogP contribution in [-0.2, 0) is 19.4 Å². The molecule has 4 heteroatoms. The van der Waals surface area contributed by atoms with Gasteiger partial charge in [0.05, 0.1) is 12.2 Å². The third kappa shape index (κ3) is 3.79. The molecule has 3 N–H and O–H groups in total. The molecule has 0 bridgehead atoms. The number of nitrogens with zero attached hydrogens (tertiary/aromatic N) is 2. The Morgan fingerprint density at radius 2 is 1.72 bits per heavy atom. The van der Waals surface area contributed by atoms with E-state index in [9.17, 15) is 0 Å². The molecule has 0 spiro atoms. The monoisotopic (exact) mass is 332 g/mol. The first-order chi connectivity index (χ1) is 12.2. The normalized spacial score (nSPS) is 11.7. The Bertz CT molecular complexity index is 872. The van der Waals surface area contributed by atoms with Crippen LogP contribution >= 0.6 is 0 Å². The summed E-state index contributed by atoms with van der Waals surface area (Å²) in [6.07, 6.45) is 3.72. The van der Waals surface area contributed by atoms with Gasteiger partial charge in [-0.25, -0.2) is 4.99 Å². The number of nitrogens with one attached hydrogen (secondary N) is 1. The zero-order valence-electron chi connectivity index (χ0n) is 14.8. The van der Waals surface area contributed by atoms with Gasteiger partial charge in [-0.05, 0) is 35.4 Å². The second kappa shape index (κ2) is 7.79. The number of para-hydroxylation sites is 1. The molecule has 3 aromatic rings. The van der Waals surface area contributed by atoms with Crippen LogP contribution in [0.15, 0.2) is 59.7 Å². The molecule has 0 aliphatic heterocycles. The number of pyridine rings is 1. The SMILES string of the molecule is CCc1cccc(CC)c1NC(N)=NCc1nccc2ccccc12. The van der Waals surface area contributed by atoms with Gasteiger partial charge in [0.2, 0.25) is 0 Å². The smallest absolute Gasteiger partial charge is 0.193 e. The second-order valence-electron chi connectivity index (χ2n) is 5.96. The van der Waals surface area contributed by atoms with E-state index in [-0.39, 0.29) is 0 Å². The zero-order chi connectivity index (χ0) is 17.6. The quantitative estimate of drug-likeness (QED) is 0.541. The van der Waals surface area contributed by atoms with E-state index >= 15 is 0 Å². The molecular weight excluding hydrogens is 308 g/mol. The fourth-order valence-electron chi connectivity index (χ4n) is 3.04. The molecule has 0 amide bonds. The number of hydrogen-bond acceptors (Lipinski definition) is 2. The Kier molecular flexibility index (Phi) is 5.29.